The van der Waals surface area contributed by atoms with E-state index in [0.29, 0.717) is 12.6 Å². The highest BCUT2D eigenvalue weighted by Gasteiger charge is 2.24. The van der Waals surface area contributed by atoms with Crippen molar-refractivity contribution in [2.24, 2.45) is 13.0 Å². The van der Waals surface area contributed by atoms with E-state index in [9.17, 15) is 4.79 Å². The van der Waals surface area contributed by atoms with Crippen LogP contribution >= 0.6 is 0 Å². The van der Waals surface area contributed by atoms with E-state index in [0.717, 1.165) is 25.1 Å². The summed E-state index contributed by atoms with van der Waals surface area (Å²) < 4.78 is 2.12. The van der Waals surface area contributed by atoms with Crippen LogP contribution in [0.3, 0.4) is 0 Å². The molecule has 0 aliphatic carbocycles. The van der Waals surface area contributed by atoms with Gasteiger partial charge < -0.3 is 15.2 Å². The molecular formula is C14H23N3O. The van der Waals surface area contributed by atoms with Crippen molar-refractivity contribution in [1.29, 1.82) is 0 Å². The Hall–Kier alpha value is -1.29. The number of hydrogen-bond acceptors (Lipinski definition) is 2. The van der Waals surface area contributed by atoms with Gasteiger partial charge in [-0.2, -0.15) is 0 Å². The molecule has 1 amide bonds. The summed E-state index contributed by atoms with van der Waals surface area (Å²) in [6.45, 7) is 5.78. The number of nitrogens with zero attached hydrogens (tertiary/aromatic N) is 1. The first-order valence-electron chi connectivity index (χ1n) is 6.70. The van der Waals surface area contributed by atoms with Gasteiger partial charge in [-0.05, 0) is 45.4 Å². The van der Waals surface area contributed by atoms with E-state index in [1.165, 1.54) is 5.69 Å². The molecule has 2 unspecified atom stereocenters. The fraction of sp³-hybridized carbons (Fsp3) is 0.643. The van der Waals surface area contributed by atoms with Gasteiger partial charge in [-0.25, -0.2) is 0 Å². The largest absolute Gasteiger partial charge is 0.350 e. The molecule has 2 rings (SSSR count). The zero-order chi connectivity index (χ0) is 13.1. The maximum Gasteiger partial charge on any atom is 0.223 e. The predicted molar refractivity (Wildman–Crippen MR) is 72.2 cm³/mol. The van der Waals surface area contributed by atoms with Gasteiger partial charge in [0.15, 0.2) is 0 Å². The Labute approximate surface area is 109 Å². The predicted octanol–water partition coefficient (Wildman–Crippen LogP) is 1.34. The molecule has 4 nitrogen and oxygen atoms in total. The van der Waals surface area contributed by atoms with Crippen molar-refractivity contribution in [1.82, 2.24) is 15.2 Å². The third-order valence-electron chi connectivity index (χ3n) is 3.92. The SMILES string of the molecule is Cc1ccc(CNC(=O)C2CCNC(C)C2)n1C. The van der Waals surface area contributed by atoms with Gasteiger partial charge in [0.1, 0.15) is 0 Å². The highest BCUT2D eigenvalue weighted by atomic mass is 16.1. The maximum absolute atomic E-state index is 12.1. The number of carbonyl (C=O) groups is 1. The third kappa shape index (κ3) is 2.93. The molecule has 100 valence electrons. The lowest BCUT2D eigenvalue weighted by molar-refractivity contribution is -0.126. The van der Waals surface area contributed by atoms with E-state index in [4.69, 9.17) is 0 Å². The van der Waals surface area contributed by atoms with Crippen LogP contribution in [0, 0.1) is 12.8 Å². The number of nitrogens with one attached hydrogen (secondary N) is 2. The molecule has 2 N–H and O–H groups in total. The highest BCUT2D eigenvalue weighted by Crippen LogP contribution is 2.16. The molecule has 4 heteroatoms. The topological polar surface area (TPSA) is 46.1 Å². The van der Waals surface area contributed by atoms with Crippen LogP contribution in [-0.4, -0.2) is 23.1 Å². The van der Waals surface area contributed by atoms with Gasteiger partial charge in [0.2, 0.25) is 5.91 Å². The van der Waals surface area contributed by atoms with Gasteiger partial charge in [-0.15, -0.1) is 0 Å². The first-order valence-corrected chi connectivity index (χ1v) is 6.70. The Morgan fingerprint density at radius 3 is 2.94 bits per heavy atom. The van der Waals surface area contributed by atoms with Crippen molar-refractivity contribution in [2.45, 2.75) is 39.3 Å². The lowest BCUT2D eigenvalue weighted by Gasteiger charge is -2.27. The van der Waals surface area contributed by atoms with Crippen LogP contribution < -0.4 is 10.6 Å². The maximum atomic E-state index is 12.1. The van der Waals surface area contributed by atoms with Crippen LogP contribution in [-0.2, 0) is 18.4 Å². The van der Waals surface area contributed by atoms with Crippen molar-refractivity contribution < 1.29 is 4.79 Å². The van der Waals surface area contributed by atoms with Crippen LogP contribution in [0.2, 0.25) is 0 Å². The van der Waals surface area contributed by atoms with Gasteiger partial charge in [0.25, 0.3) is 0 Å². The Bertz CT molecular complexity index is 425. The van der Waals surface area contributed by atoms with Gasteiger partial charge in [-0.3, -0.25) is 4.79 Å². The molecule has 1 fully saturated rings. The Kier molecular flexibility index (Phi) is 4.07. The summed E-state index contributed by atoms with van der Waals surface area (Å²) in [4.78, 5) is 12.1. The fourth-order valence-corrected chi connectivity index (χ4v) is 2.54. The molecule has 0 radical (unpaired) electrons. The van der Waals surface area contributed by atoms with E-state index in [-0.39, 0.29) is 11.8 Å². The van der Waals surface area contributed by atoms with Crippen molar-refractivity contribution >= 4 is 5.91 Å². The van der Waals surface area contributed by atoms with Crippen LogP contribution in [0.4, 0.5) is 0 Å². The molecule has 1 aliphatic rings. The number of piperidine rings is 1. The minimum atomic E-state index is 0.169. The van der Waals surface area contributed by atoms with Crippen LogP contribution in [0.1, 0.15) is 31.2 Å². The normalized spacial score (nSPS) is 23.9. The minimum Gasteiger partial charge on any atom is -0.350 e. The number of aryl methyl sites for hydroxylation is 1. The van der Waals surface area contributed by atoms with E-state index in [1.807, 2.05) is 7.05 Å². The fourth-order valence-electron chi connectivity index (χ4n) is 2.54. The summed E-state index contributed by atoms with van der Waals surface area (Å²) in [5.74, 6) is 0.366. The lowest BCUT2D eigenvalue weighted by Crippen LogP contribution is -2.42. The molecule has 0 aromatic carbocycles. The molecular weight excluding hydrogens is 226 g/mol. The van der Waals surface area contributed by atoms with E-state index in [2.05, 4.69) is 41.2 Å². The Morgan fingerprint density at radius 1 is 1.56 bits per heavy atom. The van der Waals surface area contributed by atoms with E-state index in [1.54, 1.807) is 0 Å². The second-order valence-electron chi connectivity index (χ2n) is 5.32. The first kappa shape index (κ1) is 13.1. The smallest absolute Gasteiger partial charge is 0.223 e. The molecule has 1 aromatic heterocycles. The molecule has 2 atom stereocenters. The molecule has 0 spiro atoms. The number of amides is 1. The zero-order valence-electron chi connectivity index (χ0n) is 11.5. The first-order chi connectivity index (χ1) is 8.58. The van der Waals surface area contributed by atoms with Gasteiger partial charge in [0.05, 0.1) is 6.54 Å². The molecule has 18 heavy (non-hydrogen) atoms. The molecule has 0 saturated carbocycles. The summed E-state index contributed by atoms with van der Waals surface area (Å²) in [5.41, 5.74) is 2.37. The van der Waals surface area contributed by atoms with E-state index < -0.39 is 0 Å². The van der Waals surface area contributed by atoms with E-state index >= 15 is 0 Å². The Balaban J connectivity index is 1.86. The summed E-state index contributed by atoms with van der Waals surface area (Å²) in [5, 5.41) is 6.42. The van der Waals surface area contributed by atoms with Gasteiger partial charge in [0, 0.05) is 30.4 Å². The van der Waals surface area contributed by atoms with Crippen molar-refractivity contribution in [3.63, 3.8) is 0 Å². The number of hydrogen-bond donors (Lipinski definition) is 2. The molecule has 2 heterocycles. The molecule has 1 aromatic rings. The van der Waals surface area contributed by atoms with Crippen molar-refractivity contribution in [2.75, 3.05) is 6.54 Å². The van der Waals surface area contributed by atoms with Gasteiger partial charge >= 0.3 is 0 Å². The highest BCUT2D eigenvalue weighted by molar-refractivity contribution is 5.78. The summed E-state index contributed by atoms with van der Waals surface area (Å²) in [7, 11) is 2.03. The van der Waals surface area contributed by atoms with Crippen molar-refractivity contribution in [3.05, 3.63) is 23.5 Å². The second-order valence-corrected chi connectivity index (χ2v) is 5.32. The average molecular weight is 249 g/mol. The summed E-state index contributed by atoms with van der Waals surface area (Å²) in [6.07, 6.45) is 1.89. The standard InChI is InChI=1S/C14H23N3O/c1-10-8-12(6-7-15-10)14(18)16-9-13-5-4-11(2)17(13)3/h4-5,10,12,15H,6-9H2,1-3H3,(H,16,18). The van der Waals surface area contributed by atoms with Crippen molar-refractivity contribution in [3.8, 4) is 0 Å². The average Bonchev–Trinajstić information content (AvgIpc) is 2.67. The summed E-state index contributed by atoms with van der Waals surface area (Å²) >= 11 is 0. The molecule has 0 bridgehead atoms. The third-order valence-corrected chi connectivity index (χ3v) is 3.92. The van der Waals surface area contributed by atoms with Crippen LogP contribution in [0.25, 0.3) is 0 Å². The summed E-state index contributed by atoms with van der Waals surface area (Å²) in [6, 6.07) is 4.60. The lowest BCUT2D eigenvalue weighted by atomic mass is 9.92. The minimum absolute atomic E-state index is 0.169. The van der Waals surface area contributed by atoms with Crippen LogP contribution in [0.5, 0.6) is 0 Å². The molecule has 1 aliphatic heterocycles. The Morgan fingerprint density at radius 2 is 2.33 bits per heavy atom. The number of rotatable bonds is 3. The number of carbonyl (C=O) groups excluding carboxylic acids is 1. The quantitative estimate of drug-likeness (QED) is 0.849. The molecule has 1 saturated heterocycles. The second kappa shape index (κ2) is 5.57. The monoisotopic (exact) mass is 249 g/mol. The van der Waals surface area contributed by atoms with Crippen LogP contribution in [0.15, 0.2) is 12.1 Å². The zero-order valence-corrected chi connectivity index (χ0v) is 11.5. The van der Waals surface area contributed by atoms with Gasteiger partial charge in [-0.1, -0.05) is 0 Å². The number of aromatic nitrogens is 1.